The van der Waals surface area contributed by atoms with Gasteiger partial charge in [0.1, 0.15) is 0 Å². The van der Waals surface area contributed by atoms with Crippen molar-refractivity contribution in [2.24, 2.45) is 0 Å². The van der Waals surface area contributed by atoms with Crippen LogP contribution >= 0.6 is 11.6 Å². The molecule has 1 N–H and O–H groups in total. The van der Waals surface area contributed by atoms with Gasteiger partial charge in [0.25, 0.3) is 5.56 Å². The van der Waals surface area contributed by atoms with Crippen molar-refractivity contribution in [3.05, 3.63) is 22.7 Å². The summed E-state index contributed by atoms with van der Waals surface area (Å²) in [6, 6.07) is 0.342. The number of hydrogen-bond acceptors (Lipinski definition) is 3. The summed E-state index contributed by atoms with van der Waals surface area (Å²) < 4.78 is 1.67. The van der Waals surface area contributed by atoms with E-state index >= 15 is 0 Å². The molecule has 0 bridgehead atoms. The Hall–Kier alpha value is -1.03. The molecule has 0 aliphatic carbocycles. The van der Waals surface area contributed by atoms with Gasteiger partial charge in [0, 0.05) is 30.4 Å². The smallest absolute Gasteiger partial charge is 0.293 e. The Bertz CT molecular complexity index is 403. The van der Waals surface area contributed by atoms with E-state index in [1.165, 1.54) is 0 Å². The van der Waals surface area contributed by atoms with Gasteiger partial charge in [0.15, 0.2) is 5.82 Å². The topological polar surface area (TPSA) is 46.9 Å². The standard InChI is InChI=1S/C12H20ClN3O/c1-4-10(5-6-13)15-11-12(17)16(9(2)3)8-7-14-11/h7-10H,4-6H2,1-3H3,(H,14,15). The van der Waals surface area contributed by atoms with Gasteiger partial charge in [-0.15, -0.1) is 11.6 Å². The van der Waals surface area contributed by atoms with Gasteiger partial charge >= 0.3 is 0 Å². The Kier molecular flexibility index (Phi) is 5.48. The van der Waals surface area contributed by atoms with E-state index in [4.69, 9.17) is 11.6 Å². The Labute approximate surface area is 107 Å². The maximum atomic E-state index is 12.1. The molecule has 1 unspecified atom stereocenters. The van der Waals surface area contributed by atoms with Crippen molar-refractivity contribution < 1.29 is 0 Å². The molecule has 1 aromatic rings. The Morgan fingerprint density at radius 2 is 2.24 bits per heavy atom. The average Bonchev–Trinajstić information content (AvgIpc) is 2.30. The molecular weight excluding hydrogens is 238 g/mol. The molecule has 17 heavy (non-hydrogen) atoms. The number of nitrogens with zero attached hydrogens (tertiary/aromatic N) is 2. The lowest BCUT2D eigenvalue weighted by Crippen LogP contribution is -2.29. The zero-order valence-corrected chi connectivity index (χ0v) is 11.4. The van der Waals surface area contributed by atoms with Crippen molar-refractivity contribution in [3.8, 4) is 0 Å². The first kappa shape index (κ1) is 14.0. The van der Waals surface area contributed by atoms with Crippen molar-refractivity contribution in [1.82, 2.24) is 9.55 Å². The van der Waals surface area contributed by atoms with Crippen LogP contribution in [0.25, 0.3) is 0 Å². The number of aromatic nitrogens is 2. The second kappa shape index (κ2) is 6.64. The van der Waals surface area contributed by atoms with Crippen LogP contribution in [0.2, 0.25) is 0 Å². The minimum absolute atomic E-state index is 0.0736. The summed E-state index contributed by atoms with van der Waals surface area (Å²) in [4.78, 5) is 16.2. The van der Waals surface area contributed by atoms with Crippen molar-refractivity contribution in [2.45, 2.75) is 45.7 Å². The second-order valence-electron chi connectivity index (χ2n) is 4.31. The van der Waals surface area contributed by atoms with E-state index in [0.717, 1.165) is 12.8 Å². The van der Waals surface area contributed by atoms with E-state index in [1.54, 1.807) is 17.0 Å². The largest absolute Gasteiger partial charge is 0.363 e. The first-order chi connectivity index (χ1) is 8.10. The van der Waals surface area contributed by atoms with E-state index in [9.17, 15) is 4.79 Å². The highest BCUT2D eigenvalue weighted by Gasteiger charge is 2.11. The highest BCUT2D eigenvalue weighted by Crippen LogP contribution is 2.07. The maximum Gasteiger partial charge on any atom is 0.293 e. The summed E-state index contributed by atoms with van der Waals surface area (Å²) in [5, 5.41) is 3.16. The van der Waals surface area contributed by atoms with Crippen molar-refractivity contribution in [2.75, 3.05) is 11.2 Å². The molecule has 96 valence electrons. The minimum Gasteiger partial charge on any atom is -0.363 e. The molecule has 1 aromatic heterocycles. The van der Waals surface area contributed by atoms with E-state index < -0.39 is 0 Å². The summed E-state index contributed by atoms with van der Waals surface area (Å²) >= 11 is 5.72. The molecule has 0 amide bonds. The van der Waals surface area contributed by atoms with Crippen LogP contribution < -0.4 is 10.9 Å². The normalized spacial score (nSPS) is 12.8. The highest BCUT2D eigenvalue weighted by molar-refractivity contribution is 6.17. The molecule has 5 heteroatoms. The van der Waals surface area contributed by atoms with Crippen LogP contribution in [0.4, 0.5) is 5.82 Å². The third-order valence-corrected chi connectivity index (χ3v) is 2.93. The van der Waals surface area contributed by atoms with Crippen molar-refractivity contribution >= 4 is 17.4 Å². The van der Waals surface area contributed by atoms with E-state index in [1.807, 2.05) is 13.8 Å². The summed E-state index contributed by atoms with van der Waals surface area (Å²) in [5.41, 5.74) is -0.0736. The molecule has 0 saturated carbocycles. The minimum atomic E-state index is -0.0736. The van der Waals surface area contributed by atoms with E-state index in [2.05, 4.69) is 17.2 Å². The third-order valence-electron chi connectivity index (χ3n) is 2.72. The summed E-state index contributed by atoms with van der Waals surface area (Å²) in [6.07, 6.45) is 5.11. The first-order valence-corrected chi connectivity index (χ1v) is 6.53. The van der Waals surface area contributed by atoms with Crippen LogP contribution in [0.3, 0.4) is 0 Å². The van der Waals surface area contributed by atoms with Gasteiger partial charge in [-0.25, -0.2) is 4.98 Å². The second-order valence-corrected chi connectivity index (χ2v) is 4.69. The van der Waals surface area contributed by atoms with Crippen LogP contribution in [-0.2, 0) is 0 Å². The van der Waals surface area contributed by atoms with Gasteiger partial charge in [-0.2, -0.15) is 0 Å². The number of hydrogen-bond donors (Lipinski definition) is 1. The van der Waals surface area contributed by atoms with Crippen LogP contribution in [0, 0.1) is 0 Å². The predicted octanol–water partition coefficient (Wildman–Crippen LogP) is 2.64. The molecule has 4 nitrogen and oxygen atoms in total. The van der Waals surface area contributed by atoms with Crippen LogP contribution in [0.1, 0.15) is 39.7 Å². The third kappa shape index (κ3) is 3.73. The molecule has 0 spiro atoms. The molecule has 1 rings (SSSR count). The number of alkyl halides is 1. The quantitative estimate of drug-likeness (QED) is 0.797. The van der Waals surface area contributed by atoms with Gasteiger partial charge in [-0.3, -0.25) is 4.79 Å². The Morgan fingerprint density at radius 3 is 2.76 bits per heavy atom. The molecule has 0 aliphatic rings. The molecule has 0 aliphatic heterocycles. The van der Waals surface area contributed by atoms with Crippen LogP contribution in [-0.4, -0.2) is 21.5 Å². The van der Waals surface area contributed by atoms with E-state index in [0.29, 0.717) is 11.7 Å². The fourth-order valence-corrected chi connectivity index (χ4v) is 1.90. The lowest BCUT2D eigenvalue weighted by molar-refractivity contribution is 0.572. The Balaban J connectivity index is 2.91. The van der Waals surface area contributed by atoms with Gasteiger partial charge in [0.2, 0.25) is 0 Å². The molecule has 0 saturated heterocycles. The van der Waals surface area contributed by atoms with Crippen molar-refractivity contribution in [3.63, 3.8) is 0 Å². The van der Waals surface area contributed by atoms with Crippen molar-refractivity contribution in [1.29, 1.82) is 0 Å². The fourth-order valence-electron chi connectivity index (χ4n) is 1.63. The van der Waals surface area contributed by atoms with E-state index in [-0.39, 0.29) is 17.6 Å². The molecular formula is C12H20ClN3O. The first-order valence-electron chi connectivity index (χ1n) is 5.99. The lowest BCUT2D eigenvalue weighted by atomic mass is 10.2. The molecule has 1 atom stereocenters. The summed E-state index contributed by atoms with van der Waals surface area (Å²) in [5.74, 6) is 0.995. The summed E-state index contributed by atoms with van der Waals surface area (Å²) in [7, 11) is 0. The number of nitrogens with one attached hydrogen (secondary N) is 1. The molecule has 0 aromatic carbocycles. The van der Waals surface area contributed by atoms with Gasteiger partial charge < -0.3 is 9.88 Å². The van der Waals surface area contributed by atoms with Crippen LogP contribution in [0.15, 0.2) is 17.2 Å². The highest BCUT2D eigenvalue weighted by atomic mass is 35.5. The monoisotopic (exact) mass is 257 g/mol. The van der Waals surface area contributed by atoms with Crippen LogP contribution in [0.5, 0.6) is 0 Å². The zero-order chi connectivity index (χ0) is 12.8. The number of halogens is 1. The van der Waals surface area contributed by atoms with Gasteiger partial charge in [0.05, 0.1) is 0 Å². The maximum absolute atomic E-state index is 12.1. The fraction of sp³-hybridized carbons (Fsp3) is 0.667. The average molecular weight is 258 g/mol. The van der Waals surface area contributed by atoms with Gasteiger partial charge in [-0.05, 0) is 26.7 Å². The number of rotatable bonds is 6. The SMILES string of the molecule is CCC(CCCl)Nc1nccn(C(C)C)c1=O. The summed E-state index contributed by atoms with van der Waals surface area (Å²) in [6.45, 7) is 6.01. The molecule has 0 fully saturated rings. The lowest BCUT2D eigenvalue weighted by Gasteiger charge is -2.17. The predicted molar refractivity (Wildman–Crippen MR) is 71.9 cm³/mol. The molecule has 0 radical (unpaired) electrons. The zero-order valence-electron chi connectivity index (χ0n) is 10.6. The Morgan fingerprint density at radius 1 is 1.53 bits per heavy atom. The molecule has 1 heterocycles. The number of anilines is 1. The van der Waals surface area contributed by atoms with Gasteiger partial charge in [-0.1, -0.05) is 6.92 Å².